The maximum atomic E-state index is 12.7. The predicted molar refractivity (Wildman–Crippen MR) is 122 cm³/mol. The molecule has 0 heterocycles. The zero-order valence-electron chi connectivity index (χ0n) is 18.9. The Hall–Kier alpha value is -2.61. The van der Waals surface area contributed by atoms with Crippen LogP contribution < -0.4 is 16.4 Å². The molecule has 8 heteroatoms. The summed E-state index contributed by atoms with van der Waals surface area (Å²) in [6.45, 7) is 1.95. The lowest BCUT2D eigenvalue weighted by atomic mass is 9.85. The quantitative estimate of drug-likeness (QED) is 0.390. The van der Waals surface area contributed by atoms with Gasteiger partial charge in [-0.05, 0) is 30.7 Å². The smallest absolute Gasteiger partial charge is 0.405 e. The Morgan fingerprint density at radius 2 is 1.81 bits per heavy atom. The fourth-order valence-electron chi connectivity index (χ4n) is 4.23. The summed E-state index contributed by atoms with van der Waals surface area (Å²) in [5.74, 6) is -0.719. The van der Waals surface area contributed by atoms with Crippen molar-refractivity contribution in [1.29, 1.82) is 0 Å². The van der Waals surface area contributed by atoms with Crippen LogP contribution >= 0.6 is 0 Å². The van der Waals surface area contributed by atoms with E-state index in [2.05, 4.69) is 10.6 Å². The molecule has 8 nitrogen and oxygen atoms in total. The maximum absolute atomic E-state index is 12.7. The van der Waals surface area contributed by atoms with Crippen molar-refractivity contribution < 1.29 is 24.2 Å². The van der Waals surface area contributed by atoms with Crippen molar-refractivity contribution >= 4 is 17.9 Å². The predicted octanol–water partition coefficient (Wildman–Crippen LogP) is 2.28. The normalized spacial score (nSPS) is 17.1. The molecule has 5 N–H and O–H groups in total. The number of benzene rings is 1. The molecular formula is C24H37N3O5. The van der Waals surface area contributed by atoms with E-state index in [1.807, 2.05) is 30.3 Å². The van der Waals surface area contributed by atoms with Gasteiger partial charge in [0.2, 0.25) is 5.91 Å². The third-order valence-electron chi connectivity index (χ3n) is 6.03. The summed E-state index contributed by atoms with van der Waals surface area (Å²) in [5, 5.41) is 15.4. The van der Waals surface area contributed by atoms with Gasteiger partial charge >= 0.3 is 6.09 Å². The van der Waals surface area contributed by atoms with Gasteiger partial charge in [-0.25, -0.2) is 4.79 Å². The molecule has 1 aromatic carbocycles. The van der Waals surface area contributed by atoms with Crippen LogP contribution in [0.2, 0.25) is 0 Å². The number of nitrogens with one attached hydrogen (secondary N) is 2. The van der Waals surface area contributed by atoms with E-state index >= 15 is 0 Å². The second-order valence-corrected chi connectivity index (χ2v) is 8.72. The minimum absolute atomic E-state index is 0.138. The maximum Gasteiger partial charge on any atom is 0.405 e. The summed E-state index contributed by atoms with van der Waals surface area (Å²) in [6, 6.07) is 9.25. The molecule has 1 unspecified atom stereocenters. The first-order valence-corrected chi connectivity index (χ1v) is 11.6. The van der Waals surface area contributed by atoms with Crippen LogP contribution in [0.4, 0.5) is 4.79 Å². The zero-order valence-corrected chi connectivity index (χ0v) is 18.9. The van der Waals surface area contributed by atoms with E-state index in [-0.39, 0.29) is 18.9 Å². The average molecular weight is 448 g/mol. The van der Waals surface area contributed by atoms with Crippen molar-refractivity contribution in [3.8, 4) is 0 Å². The summed E-state index contributed by atoms with van der Waals surface area (Å²) in [7, 11) is 0. The molecule has 1 aliphatic carbocycles. The van der Waals surface area contributed by atoms with Gasteiger partial charge in [-0.3, -0.25) is 9.59 Å². The van der Waals surface area contributed by atoms with Gasteiger partial charge in [0.15, 0.2) is 6.10 Å². The molecule has 0 spiro atoms. The van der Waals surface area contributed by atoms with Gasteiger partial charge in [-0.15, -0.1) is 0 Å². The number of rotatable bonds is 12. The number of hydrogen-bond acceptors (Lipinski definition) is 5. The van der Waals surface area contributed by atoms with Crippen LogP contribution in [0.5, 0.6) is 0 Å². The standard InChI is InChI=1S/C24H37N3O5/c1-17(22(29)26-13-12-18-8-4-2-5-9-18)14-20(16-28)27-23(30)21(32-24(25)31)15-19-10-6-3-7-11-19/h2,4-5,8-9,17,19-21,28H,3,6-7,10-16H2,1H3,(H2,25,31)(H,26,29)(H,27,30)/t17?,20-,21-/m0/s1. The fourth-order valence-corrected chi connectivity index (χ4v) is 4.23. The minimum Gasteiger partial charge on any atom is -0.436 e. The fraction of sp³-hybridized carbons (Fsp3) is 0.625. The van der Waals surface area contributed by atoms with Crippen LogP contribution in [0.3, 0.4) is 0 Å². The third kappa shape index (κ3) is 9.26. The zero-order chi connectivity index (χ0) is 23.3. The van der Waals surface area contributed by atoms with Crippen molar-refractivity contribution in [2.24, 2.45) is 17.6 Å². The van der Waals surface area contributed by atoms with Crippen molar-refractivity contribution in [2.45, 2.75) is 70.4 Å². The lowest BCUT2D eigenvalue weighted by molar-refractivity contribution is -0.132. The number of amides is 3. The van der Waals surface area contributed by atoms with Crippen LogP contribution in [0.15, 0.2) is 30.3 Å². The molecule has 1 aromatic rings. The van der Waals surface area contributed by atoms with E-state index in [1.165, 1.54) is 6.42 Å². The van der Waals surface area contributed by atoms with Crippen molar-refractivity contribution in [2.75, 3.05) is 13.2 Å². The van der Waals surface area contributed by atoms with E-state index < -0.39 is 30.1 Å². The van der Waals surface area contributed by atoms with Gasteiger partial charge in [-0.1, -0.05) is 69.4 Å². The number of nitrogens with two attached hydrogens (primary N) is 1. The summed E-state index contributed by atoms with van der Waals surface area (Å²) in [4.78, 5) is 36.5. The summed E-state index contributed by atoms with van der Waals surface area (Å²) in [6.07, 6.45) is 4.82. The number of ether oxygens (including phenoxy) is 1. The summed E-state index contributed by atoms with van der Waals surface area (Å²) >= 11 is 0. The number of carbonyl (C=O) groups excluding carboxylic acids is 3. The van der Waals surface area contributed by atoms with Crippen LogP contribution in [-0.4, -0.2) is 48.3 Å². The van der Waals surface area contributed by atoms with Gasteiger partial charge in [-0.2, -0.15) is 0 Å². The molecule has 1 aliphatic rings. The average Bonchev–Trinajstić information content (AvgIpc) is 2.79. The molecule has 32 heavy (non-hydrogen) atoms. The number of primary amides is 1. The first kappa shape index (κ1) is 25.6. The van der Waals surface area contributed by atoms with Gasteiger partial charge < -0.3 is 26.2 Å². The monoisotopic (exact) mass is 447 g/mol. The number of aliphatic hydroxyl groups excluding tert-OH is 1. The molecule has 3 amide bonds. The summed E-state index contributed by atoms with van der Waals surface area (Å²) in [5.41, 5.74) is 6.30. The van der Waals surface area contributed by atoms with Crippen LogP contribution in [-0.2, 0) is 20.7 Å². The van der Waals surface area contributed by atoms with E-state index in [9.17, 15) is 19.5 Å². The van der Waals surface area contributed by atoms with E-state index in [4.69, 9.17) is 10.5 Å². The Kier molecular flexibility index (Phi) is 11.0. The number of hydrogen-bond donors (Lipinski definition) is 4. The Morgan fingerprint density at radius 3 is 2.44 bits per heavy atom. The molecule has 1 saturated carbocycles. The molecule has 3 atom stereocenters. The Bertz CT molecular complexity index is 722. The van der Waals surface area contributed by atoms with E-state index in [1.54, 1.807) is 6.92 Å². The molecule has 178 valence electrons. The van der Waals surface area contributed by atoms with Crippen molar-refractivity contribution in [3.05, 3.63) is 35.9 Å². The Morgan fingerprint density at radius 1 is 1.12 bits per heavy atom. The highest BCUT2D eigenvalue weighted by Gasteiger charge is 2.29. The molecule has 0 aliphatic heterocycles. The first-order valence-electron chi connectivity index (χ1n) is 11.6. The van der Waals surface area contributed by atoms with E-state index in [0.717, 1.165) is 37.7 Å². The molecular weight excluding hydrogens is 410 g/mol. The molecule has 0 aromatic heterocycles. The summed E-state index contributed by atoms with van der Waals surface area (Å²) < 4.78 is 5.07. The third-order valence-corrected chi connectivity index (χ3v) is 6.03. The minimum atomic E-state index is -0.993. The first-order chi connectivity index (χ1) is 15.4. The largest absolute Gasteiger partial charge is 0.436 e. The Balaban J connectivity index is 1.82. The second kappa shape index (κ2) is 13.7. The SMILES string of the molecule is CC(C[C@@H](CO)NC(=O)[C@H](CC1CCCCC1)OC(N)=O)C(=O)NCCc1ccccc1. The number of aliphatic hydroxyl groups is 1. The second-order valence-electron chi connectivity index (χ2n) is 8.72. The van der Waals surface area contributed by atoms with Crippen LogP contribution in [0.25, 0.3) is 0 Å². The van der Waals surface area contributed by atoms with E-state index in [0.29, 0.717) is 18.9 Å². The molecule has 0 saturated heterocycles. The van der Waals surface area contributed by atoms with Crippen molar-refractivity contribution in [3.63, 3.8) is 0 Å². The molecule has 0 radical (unpaired) electrons. The van der Waals surface area contributed by atoms with Gasteiger partial charge in [0, 0.05) is 12.5 Å². The van der Waals surface area contributed by atoms with Crippen molar-refractivity contribution in [1.82, 2.24) is 10.6 Å². The highest BCUT2D eigenvalue weighted by molar-refractivity contribution is 5.83. The lowest BCUT2D eigenvalue weighted by Gasteiger charge is -2.27. The van der Waals surface area contributed by atoms with Gasteiger partial charge in [0.25, 0.3) is 5.91 Å². The van der Waals surface area contributed by atoms with Gasteiger partial charge in [0.1, 0.15) is 0 Å². The molecule has 0 bridgehead atoms. The molecule has 1 fully saturated rings. The molecule has 2 rings (SSSR count). The lowest BCUT2D eigenvalue weighted by Crippen LogP contribution is -2.47. The number of carbonyl (C=O) groups is 3. The highest BCUT2D eigenvalue weighted by Crippen LogP contribution is 2.28. The highest BCUT2D eigenvalue weighted by atomic mass is 16.6. The van der Waals surface area contributed by atoms with Crippen LogP contribution in [0, 0.1) is 11.8 Å². The topological polar surface area (TPSA) is 131 Å². The van der Waals surface area contributed by atoms with Crippen LogP contribution in [0.1, 0.15) is 57.4 Å². The Labute approximate surface area is 190 Å². The van der Waals surface area contributed by atoms with Gasteiger partial charge in [0.05, 0.1) is 12.6 Å².